The third kappa shape index (κ3) is 3.96. The van der Waals surface area contributed by atoms with Crippen molar-refractivity contribution in [2.24, 2.45) is 0 Å². The Bertz CT molecular complexity index is 1300. The van der Waals surface area contributed by atoms with Crippen LogP contribution in [0, 0.1) is 6.92 Å². The molecular weight excluding hydrogens is 432 g/mol. The number of anilines is 1. The molecule has 2 aromatic heterocycles. The predicted molar refractivity (Wildman–Crippen MR) is 127 cm³/mol. The second kappa shape index (κ2) is 8.57. The molecule has 0 saturated heterocycles. The van der Waals surface area contributed by atoms with Gasteiger partial charge in [-0.1, -0.05) is 23.7 Å². The van der Waals surface area contributed by atoms with Crippen molar-refractivity contribution in [3.05, 3.63) is 69.6 Å². The van der Waals surface area contributed by atoms with Crippen LogP contribution in [0.4, 0.5) is 5.69 Å². The summed E-state index contributed by atoms with van der Waals surface area (Å²) in [6.45, 7) is 1.91. The van der Waals surface area contributed by atoms with Gasteiger partial charge in [0.1, 0.15) is 4.83 Å². The zero-order valence-corrected chi connectivity index (χ0v) is 18.9. The number of ether oxygens (including phenoxy) is 2. The Balaban J connectivity index is 1.69. The molecule has 2 heterocycles. The van der Waals surface area contributed by atoms with Crippen molar-refractivity contribution in [2.45, 2.75) is 13.3 Å². The predicted octanol–water partition coefficient (Wildman–Crippen LogP) is 5.95. The van der Waals surface area contributed by atoms with Crippen molar-refractivity contribution < 1.29 is 14.3 Å². The van der Waals surface area contributed by atoms with E-state index in [1.807, 2.05) is 55.5 Å². The highest BCUT2D eigenvalue weighted by Crippen LogP contribution is 2.37. The molecule has 0 bridgehead atoms. The summed E-state index contributed by atoms with van der Waals surface area (Å²) in [6.07, 6.45) is 0.242. The summed E-state index contributed by atoms with van der Waals surface area (Å²) >= 11 is 7.51. The average molecular weight is 453 g/mol. The molecule has 0 amide bonds. The van der Waals surface area contributed by atoms with E-state index in [1.54, 1.807) is 14.2 Å². The molecule has 158 valence electrons. The lowest BCUT2D eigenvalue weighted by Crippen LogP contribution is -2.05. The van der Waals surface area contributed by atoms with Crippen LogP contribution in [-0.2, 0) is 6.42 Å². The lowest BCUT2D eigenvalue weighted by atomic mass is 10.0. The molecule has 2 N–H and O–H groups in total. The monoisotopic (exact) mass is 452 g/mol. The summed E-state index contributed by atoms with van der Waals surface area (Å²) in [5, 5.41) is 1.43. The van der Waals surface area contributed by atoms with Crippen LogP contribution in [0.1, 0.15) is 20.8 Å². The van der Waals surface area contributed by atoms with Crippen LogP contribution in [0.15, 0.2) is 48.5 Å². The topological polar surface area (TPSA) is 74.4 Å². The molecule has 0 aliphatic carbocycles. The quantitative estimate of drug-likeness (QED) is 0.366. The fourth-order valence-electron chi connectivity index (χ4n) is 3.46. The van der Waals surface area contributed by atoms with E-state index >= 15 is 0 Å². The molecule has 0 spiro atoms. The molecule has 5 nitrogen and oxygen atoms in total. The van der Waals surface area contributed by atoms with Crippen LogP contribution in [0.25, 0.3) is 21.5 Å². The van der Waals surface area contributed by atoms with E-state index < -0.39 is 0 Å². The Morgan fingerprint density at radius 2 is 1.87 bits per heavy atom. The zero-order valence-electron chi connectivity index (χ0n) is 17.4. The number of rotatable bonds is 6. The molecule has 0 atom stereocenters. The smallest absolute Gasteiger partial charge is 0.179 e. The van der Waals surface area contributed by atoms with E-state index in [0.29, 0.717) is 27.1 Å². The molecule has 4 rings (SSSR count). The number of halogens is 1. The lowest BCUT2D eigenvalue weighted by molar-refractivity contribution is 0.0997. The van der Waals surface area contributed by atoms with Gasteiger partial charge in [-0.3, -0.25) is 4.79 Å². The number of aromatic nitrogens is 1. The number of thiophene rings is 1. The van der Waals surface area contributed by atoms with Crippen molar-refractivity contribution in [2.75, 3.05) is 20.0 Å². The van der Waals surface area contributed by atoms with Crippen molar-refractivity contribution in [3.8, 4) is 22.8 Å². The number of fused-ring (bicyclic) bond motifs is 1. The minimum absolute atomic E-state index is 0.0430. The third-order valence-corrected chi connectivity index (χ3v) is 6.82. The largest absolute Gasteiger partial charge is 0.493 e. The van der Waals surface area contributed by atoms with Crippen LogP contribution in [0.3, 0.4) is 0 Å². The maximum atomic E-state index is 13.0. The summed E-state index contributed by atoms with van der Waals surface area (Å²) in [7, 11) is 3.19. The first kappa shape index (κ1) is 21.2. The minimum atomic E-state index is -0.0430. The second-order valence-electron chi connectivity index (χ2n) is 7.09. The summed E-state index contributed by atoms with van der Waals surface area (Å²) in [4.78, 5) is 19.0. The highest BCUT2D eigenvalue weighted by molar-refractivity contribution is 7.21. The number of benzene rings is 2. The molecule has 0 fully saturated rings. The van der Waals surface area contributed by atoms with E-state index in [9.17, 15) is 4.79 Å². The van der Waals surface area contributed by atoms with Crippen molar-refractivity contribution in [1.29, 1.82) is 0 Å². The Hall–Kier alpha value is -3.09. The van der Waals surface area contributed by atoms with Crippen LogP contribution in [0.5, 0.6) is 11.5 Å². The van der Waals surface area contributed by atoms with Crippen LogP contribution < -0.4 is 15.2 Å². The number of nitrogens with zero attached hydrogens (tertiary/aromatic N) is 1. The molecule has 2 aromatic carbocycles. The van der Waals surface area contributed by atoms with E-state index in [2.05, 4.69) is 0 Å². The molecule has 4 aromatic rings. The van der Waals surface area contributed by atoms with Crippen molar-refractivity contribution >= 4 is 44.6 Å². The zero-order chi connectivity index (χ0) is 22.1. The third-order valence-electron chi connectivity index (χ3n) is 5.26. The maximum absolute atomic E-state index is 13.0. The highest BCUT2D eigenvalue weighted by Gasteiger charge is 2.19. The number of hydrogen-bond donors (Lipinski definition) is 1. The number of nitrogens with two attached hydrogens (primary N) is 1. The maximum Gasteiger partial charge on any atom is 0.179 e. The molecule has 31 heavy (non-hydrogen) atoms. The second-order valence-corrected chi connectivity index (χ2v) is 8.49. The fourth-order valence-corrected chi connectivity index (χ4v) is 4.68. The molecular formula is C24H21ClN2O3S. The number of hydrogen-bond acceptors (Lipinski definition) is 6. The van der Waals surface area contributed by atoms with Gasteiger partial charge in [0.15, 0.2) is 17.3 Å². The number of nitrogen functional groups attached to an aromatic ring is 1. The van der Waals surface area contributed by atoms with E-state index in [4.69, 9.17) is 31.8 Å². The molecule has 0 aliphatic heterocycles. The summed E-state index contributed by atoms with van der Waals surface area (Å²) in [5.74, 6) is 1.23. The summed E-state index contributed by atoms with van der Waals surface area (Å²) in [6, 6.07) is 15.0. The Labute approximate surface area is 189 Å². The number of carbonyl (C=O) groups is 1. The molecule has 0 radical (unpaired) electrons. The standard InChI is InChI=1S/C24H21ClN2O3S/c1-13-14(5-4-6-17(13)25)11-19(28)23-22(26)16-8-9-18(27-24(16)31-23)15-7-10-20(29-2)21(12-15)30-3/h4-10,12H,11,26H2,1-3H3. The van der Waals surface area contributed by atoms with Crippen LogP contribution in [-0.4, -0.2) is 25.0 Å². The Morgan fingerprint density at radius 1 is 1.10 bits per heavy atom. The SMILES string of the molecule is COc1ccc(-c2ccc3c(N)c(C(=O)Cc4cccc(Cl)c4C)sc3n2)cc1OC. The van der Waals surface area contributed by atoms with E-state index in [0.717, 1.165) is 32.6 Å². The number of methoxy groups -OCH3 is 2. The Kier molecular flexibility index (Phi) is 5.85. The van der Waals surface area contributed by atoms with E-state index in [1.165, 1.54) is 11.3 Å². The van der Waals surface area contributed by atoms with Crippen molar-refractivity contribution in [1.82, 2.24) is 4.98 Å². The number of Topliss-reactive ketones (excluding diaryl/α,β-unsaturated/α-hetero) is 1. The Morgan fingerprint density at radius 3 is 2.61 bits per heavy atom. The number of pyridine rings is 1. The van der Waals surface area contributed by atoms with Gasteiger partial charge in [-0.25, -0.2) is 4.98 Å². The molecule has 0 unspecified atom stereocenters. The van der Waals surface area contributed by atoms with Crippen molar-refractivity contribution in [3.63, 3.8) is 0 Å². The average Bonchev–Trinajstić information content (AvgIpc) is 3.12. The van der Waals surface area contributed by atoms with Gasteiger partial charge in [0.2, 0.25) is 0 Å². The van der Waals surface area contributed by atoms with Gasteiger partial charge in [-0.15, -0.1) is 11.3 Å². The number of ketones is 1. The number of carbonyl (C=O) groups excluding carboxylic acids is 1. The normalized spacial score (nSPS) is 11.0. The highest BCUT2D eigenvalue weighted by atomic mass is 35.5. The van der Waals surface area contributed by atoms with Crippen LogP contribution in [0.2, 0.25) is 5.02 Å². The van der Waals surface area contributed by atoms with E-state index in [-0.39, 0.29) is 12.2 Å². The van der Waals surface area contributed by atoms with Gasteiger partial charge < -0.3 is 15.2 Å². The van der Waals surface area contributed by atoms with Crippen LogP contribution >= 0.6 is 22.9 Å². The molecule has 0 aliphatic rings. The first-order chi connectivity index (χ1) is 14.9. The first-order valence-corrected chi connectivity index (χ1v) is 10.8. The molecule has 0 saturated carbocycles. The van der Waals surface area contributed by atoms with Gasteiger partial charge in [-0.05, 0) is 54.4 Å². The first-order valence-electron chi connectivity index (χ1n) is 9.61. The lowest BCUT2D eigenvalue weighted by Gasteiger charge is -2.09. The van der Waals surface area contributed by atoms with Gasteiger partial charge >= 0.3 is 0 Å². The van der Waals surface area contributed by atoms with Gasteiger partial charge in [0.05, 0.1) is 30.5 Å². The fraction of sp³-hybridized carbons (Fsp3) is 0.167. The summed E-state index contributed by atoms with van der Waals surface area (Å²) < 4.78 is 10.7. The summed E-state index contributed by atoms with van der Waals surface area (Å²) in [5.41, 5.74) is 10.2. The van der Waals surface area contributed by atoms with Gasteiger partial charge in [0.25, 0.3) is 0 Å². The van der Waals surface area contributed by atoms with Gasteiger partial charge in [-0.2, -0.15) is 0 Å². The minimum Gasteiger partial charge on any atom is -0.493 e. The van der Waals surface area contributed by atoms with Gasteiger partial charge in [0, 0.05) is 22.4 Å². The molecule has 7 heteroatoms.